The molecular formula is C31H24F6N4O4. The van der Waals surface area contributed by atoms with Crippen molar-refractivity contribution < 1.29 is 40.9 Å². The second-order valence-electron chi connectivity index (χ2n) is 10.4. The number of rotatable bonds is 6. The number of aromatic nitrogens is 1. The van der Waals surface area contributed by atoms with E-state index in [-0.39, 0.29) is 21.7 Å². The Morgan fingerprint density at radius 2 is 1.56 bits per heavy atom. The van der Waals surface area contributed by atoms with Crippen LogP contribution in [0.25, 0.3) is 17.0 Å². The first-order valence-corrected chi connectivity index (χ1v) is 13.5. The number of carbonyl (C=O) groups is 2. The second-order valence-corrected chi connectivity index (χ2v) is 10.4. The first-order chi connectivity index (χ1) is 21.3. The predicted molar refractivity (Wildman–Crippen MR) is 152 cm³/mol. The number of para-hydroxylation sites is 1. The van der Waals surface area contributed by atoms with Crippen LogP contribution in [0.15, 0.2) is 91.1 Å². The fourth-order valence-corrected chi connectivity index (χ4v) is 5.58. The molecule has 3 unspecified atom stereocenters. The highest BCUT2D eigenvalue weighted by Gasteiger charge is 2.62. The molecule has 2 heterocycles. The van der Waals surface area contributed by atoms with Gasteiger partial charge in [-0.1, -0.05) is 36.4 Å². The number of hydrogen-bond acceptors (Lipinski definition) is 4. The SMILES string of the molecule is O=C(c1ccccc1)N1CC(C(F)(F)F)N(C(=O)C=Cc2ccc([N+](=O)[O-])cc2)C(C(F)(F)F)C1Cc1c[nH]c2ccccc12. The molecule has 234 valence electrons. The monoisotopic (exact) mass is 630 g/mol. The van der Waals surface area contributed by atoms with Gasteiger partial charge in [-0.05, 0) is 54.0 Å². The number of non-ortho nitro benzene ring substituents is 1. The molecule has 1 aromatic heterocycles. The van der Waals surface area contributed by atoms with E-state index in [4.69, 9.17) is 0 Å². The van der Waals surface area contributed by atoms with Crippen molar-refractivity contribution in [1.29, 1.82) is 0 Å². The third kappa shape index (κ3) is 6.54. The lowest BCUT2D eigenvalue weighted by Crippen LogP contribution is -2.73. The number of nitrogens with zero attached hydrogens (tertiary/aromatic N) is 3. The summed E-state index contributed by atoms with van der Waals surface area (Å²) in [5.74, 6) is -2.63. The molecule has 5 rings (SSSR count). The summed E-state index contributed by atoms with van der Waals surface area (Å²) < 4.78 is 88.8. The zero-order valence-corrected chi connectivity index (χ0v) is 23.1. The van der Waals surface area contributed by atoms with E-state index in [1.807, 2.05) is 0 Å². The fourth-order valence-electron chi connectivity index (χ4n) is 5.58. The summed E-state index contributed by atoms with van der Waals surface area (Å²) in [5, 5.41) is 11.4. The number of aromatic amines is 1. The molecule has 0 spiro atoms. The number of piperazine rings is 1. The Kier molecular flexibility index (Phi) is 8.41. The number of nitro benzene ring substituents is 1. The molecule has 8 nitrogen and oxygen atoms in total. The van der Waals surface area contributed by atoms with Crippen LogP contribution in [0.3, 0.4) is 0 Å². The van der Waals surface area contributed by atoms with Crippen LogP contribution in [0.5, 0.6) is 0 Å². The molecular weight excluding hydrogens is 606 g/mol. The number of nitro groups is 1. The Balaban J connectivity index is 1.62. The van der Waals surface area contributed by atoms with E-state index >= 15 is 13.2 Å². The number of carbonyl (C=O) groups excluding carboxylic acids is 2. The number of halogens is 6. The number of alkyl halides is 6. The Hall–Kier alpha value is -5.14. The molecule has 3 aromatic carbocycles. The van der Waals surface area contributed by atoms with E-state index in [2.05, 4.69) is 4.98 Å². The molecule has 1 aliphatic rings. The van der Waals surface area contributed by atoms with Crippen LogP contribution in [-0.4, -0.2) is 68.5 Å². The normalized spacial score (nSPS) is 19.3. The minimum absolute atomic E-state index is 0.110. The second kappa shape index (κ2) is 12.1. The van der Waals surface area contributed by atoms with Crippen molar-refractivity contribution in [3.63, 3.8) is 0 Å². The van der Waals surface area contributed by atoms with Gasteiger partial charge in [-0.2, -0.15) is 26.3 Å². The zero-order chi connectivity index (χ0) is 32.5. The maximum absolute atomic E-state index is 15.0. The highest BCUT2D eigenvalue weighted by molar-refractivity contribution is 5.96. The topological polar surface area (TPSA) is 99.6 Å². The molecule has 0 aliphatic carbocycles. The van der Waals surface area contributed by atoms with Gasteiger partial charge in [-0.3, -0.25) is 19.7 Å². The van der Waals surface area contributed by atoms with E-state index in [1.54, 1.807) is 30.3 Å². The number of fused-ring (bicyclic) bond motifs is 1. The van der Waals surface area contributed by atoms with Gasteiger partial charge in [0.1, 0.15) is 12.1 Å². The molecule has 1 saturated heterocycles. The summed E-state index contributed by atoms with van der Waals surface area (Å²) >= 11 is 0. The van der Waals surface area contributed by atoms with Crippen LogP contribution in [-0.2, 0) is 11.2 Å². The summed E-state index contributed by atoms with van der Waals surface area (Å²) in [4.78, 5) is 40.5. The standard InChI is InChI=1S/C31H24F6N4O4/c32-30(33,34)26-18-39(29(43)20-6-2-1-3-7-20)25(16-21-17-38-24-9-5-4-8-23(21)24)28(31(35,36)37)40(26)27(42)15-12-19-10-13-22(14-11-19)41(44)45/h1-15,17,25-26,28,38H,16,18H2. The molecule has 4 aromatic rings. The van der Waals surface area contributed by atoms with Gasteiger partial charge in [0.2, 0.25) is 5.91 Å². The van der Waals surface area contributed by atoms with Gasteiger partial charge in [0.15, 0.2) is 0 Å². The van der Waals surface area contributed by atoms with Crippen LogP contribution in [0.2, 0.25) is 0 Å². The number of amides is 2. The van der Waals surface area contributed by atoms with Gasteiger partial charge < -0.3 is 14.8 Å². The van der Waals surface area contributed by atoms with E-state index in [9.17, 15) is 32.9 Å². The maximum atomic E-state index is 15.0. The van der Waals surface area contributed by atoms with Gasteiger partial charge in [0.25, 0.3) is 11.6 Å². The minimum atomic E-state index is -5.40. The van der Waals surface area contributed by atoms with Crippen LogP contribution >= 0.6 is 0 Å². The highest BCUT2D eigenvalue weighted by Crippen LogP contribution is 2.41. The number of nitrogens with one attached hydrogen (secondary N) is 1. The summed E-state index contributed by atoms with van der Waals surface area (Å²) in [6.07, 6.45) is -8.29. The molecule has 1 N–H and O–H groups in total. The number of H-pyrrole nitrogens is 1. The Morgan fingerprint density at radius 1 is 0.911 bits per heavy atom. The number of hydrogen-bond donors (Lipinski definition) is 1. The Labute approximate surface area is 251 Å². The van der Waals surface area contributed by atoms with Crippen molar-refractivity contribution in [2.75, 3.05) is 6.54 Å². The van der Waals surface area contributed by atoms with Crippen LogP contribution in [0.4, 0.5) is 32.0 Å². The number of benzene rings is 3. The van der Waals surface area contributed by atoms with E-state index < -0.39 is 60.2 Å². The van der Waals surface area contributed by atoms with Crippen molar-refractivity contribution in [3.05, 3.63) is 118 Å². The van der Waals surface area contributed by atoms with E-state index in [0.717, 1.165) is 18.2 Å². The first kappa shape index (κ1) is 31.3. The molecule has 14 heteroatoms. The van der Waals surface area contributed by atoms with Crippen molar-refractivity contribution in [2.45, 2.75) is 36.9 Å². The molecule has 0 saturated carbocycles. The van der Waals surface area contributed by atoms with E-state index in [0.29, 0.717) is 27.4 Å². The predicted octanol–water partition coefficient (Wildman–Crippen LogP) is 6.55. The summed E-state index contributed by atoms with van der Waals surface area (Å²) in [6, 6.07) is 10.2. The lowest BCUT2D eigenvalue weighted by Gasteiger charge is -2.52. The summed E-state index contributed by atoms with van der Waals surface area (Å²) in [7, 11) is 0. The third-order valence-electron chi connectivity index (χ3n) is 7.65. The third-order valence-corrected chi connectivity index (χ3v) is 7.65. The largest absolute Gasteiger partial charge is 0.410 e. The molecule has 0 radical (unpaired) electrons. The quantitative estimate of drug-likeness (QED) is 0.113. The molecule has 1 fully saturated rings. The summed E-state index contributed by atoms with van der Waals surface area (Å²) in [5.41, 5.74) is 0.609. The van der Waals surface area contributed by atoms with Crippen molar-refractivity contribution in [1.82, 2.24) is 14.8 Å². The molecule has 2 amide bonds. The minimum Gasteiger partial charge on any atom is -0.361 e. The van der Waals surface area contributed by atoms with Gasteiger partial charge in [-0.15, -0.1) is 0 Å². The smallest absolute Gasteiger partial charge is 0.361 e. The van der Waals surface area contributed by atoms with Crippen molar-refractivity contribution in [3.8, 4) is 0 Å². The van der Waals surface area contributed by atoms with Gasteiger partial charge in [0.05, 0.1) is 17.5 Å². The fraction of sp³-hybridized carbons (Fsp3) is 0.226. The lowest BCUT2D eigenvalue weighted by atomic mass is 9.89. The molecule has 3 atom stereocenters. The summed E-state index contributed by atoms with van der Waals surface area (Å²) in [6.45, 7) is -1.24. The first-order valence-electron chi connectivity index (χ1n) is 13.5. The van der Waals surface area contributed by atoms with Gasteiger partial charge >= 0.3 is 12.4 Å². The van der Waals surface area contributed by atoms with Crippen LogP contribution < -0.4 is 0 Å². The van der Waals surface area contributed by atoms with Crippen molar-refractivity contribution >= 4 is 34.5 Å². The molecule has 1 aliphatic heterocycles. The average Bonchev–Trinajstić information content (AvgIpc) is 3.41. The van der Waals surface area contributed by atoms with Gasteiger partial charge in [-0.25, -0.2) is 0 Å². The average molecular weight is 631 g/mol. The molecule has 0 bridgehead atoms. The Bertz CT molecular complexity index is 1730. The molecule has 45 heavy (non-hydrogen) atoms. The lowest BCUT2D eigenvalue weighted by molar-refractivity contribution is -0.384. The maximum Gasteiger partial charge on any atom is 0.410 e. The van der Waals surface area contributed by atoms with Crippen LogP contribution in [0.1, 0.15) is 21.5 Å². The van der Waals surface area contributed by atoms with E-state index in [1.165, 1.54) is 42.6 Å². The van der Waals surface area contributed by atoms with Gasteiger partial charge in [0, 0.05) is 40.9 Å². The van der Waals surface area contributed by atoms with Crippen molar-refractivity contribution in [2.24, 2.45) is 0 Å². The Morgan fingerprint density at radius 3 is 2.18 bits per heavy atom. The highest BCUT2D eigenvalue weighted by atomic mass is 19.4. The van der Waals surface area contributed by atoms with Crippen LogP contribution in [0, 0.1) is 10.1 Å². The zero-order valence-electron chi connectivity index (χ0n) is 23.1.